The highest BCUT2D eigenvalue weighted by molar-refractivity contribution is 5.75. The third kappa shape index (κ3) is 4.37. The number of nitrogens with two attached hydrogens (primary N) is 1. The van der Waals surface area contributed by atoms with E-state index in [0.29, 0.717) is 18.9 Å². The fourth-order valence-electron chi connectivity index (χ4n) is 1.92. The zero-order valence-corrected chi connectivity index (χ0v) is 12.5. The van der Waals surface area contributed by atoms with Gasteiger partial charge in [0.2, 0.25) is 0 Å². The summed E-state index contributed by atoms with van der Waals surface area (Å²) in [6, 6.07) is -0.611. The standard InChI is InChI=1S/C14H22N4O3/c1-10(2)13(15)14(19)21-9-11-7-16-8-12(17-11)18-3-5-20-6-4-18/h7-8,10,13H,3-6,9,15H2,1-2H3. The summed E-state index contributed by atoms with van der Waals surface area (Å²) < 4.78 is 10.5. The molecule has 1 aromatic heterocycles. The lowest BCUT2D eigenvalue weighted by Crippen LogP contribution is -2.37. The molecule has 0 spiro atoms. The molecule has 0 bridgehead atoms. The number of nitrogens with zero attached hydrogens (tertiary/aromatic N) is 3. The molecule has 1 fully saturated rings. The van der Waals surface area contributed by atoms with E-state index in [9.17, 15) is 4.79 Å². The van der Waals surface area contributed by atoms with Gasteiger partial charge in [0.15, 0.2) is 0 Å². The van der Waals surface area contributed by atoms with Crippen molar-refractivity contribution in [2.45, 2.75) is 26.5 Å². The van der Waals surface area contributed by atoms with E-state index in [4.69, 9.17) is 15.2 Å². The van der Waals surface area contributed by atoms with E-state index in [1.54, 1.807) is 12.4 Å². The Balaban J connectivity index is 1.93. The summed E-state index contributed by atoms with van der Waals surface area (Å²) in [7, 11) is 0. The van der Waals surface area contributed by atoms with Crippen LogP contribution in [0.5, 0.6) is 0 Å². The summed E-state index contributed by atoms with van der Waals surface area (Å²) in [4.78, 5) is 22.4. The Morgan fingerprint density at radius 1 is 1.43 bits per heavy atom. The predicted molar refractivity (Wildman–Crippen MR) is 77.7 cm³/mol. The van der Waals surface area contributed by atoms with E-state index in [-0.39, 0.29) is 12.5 Å². The van der Waals surface area contributed by atoms with E-state index < -0.39 is 12.0 Å². The van der Waals surface area contributed by atoms with Crippen LogP contribution in [0.3, 0.4) is 0 Å². The van der Waals surface area contributed by atoms with E-state index >= 15 is 0 Å². The number of hydrogen-bond donors (Lipinski definition) is 1. The van der Waals surface area contributed by atoms with Crippen LogP contribution in [-0.2, 0) is 20.9 Å². The van der Waals surface area contributed by atoms with Crippen LogP contribution in [0.4, 0.5) is 5.82 Å². The second-order valence-corrected chi connectivity index (χ2v) is 5.35. The first-order valence-electron chi connectivity index (χ1n) is 7.13. The van der Waals surface area contributed by atoms with Crippen molar-refractivity contribution in [1.82, 2.24) is 9.97 Å². The zero-order chi connectivity index (χ0) is 15.2. The number of ether oxygens (including phenoxy) is 2. The maximum Gasteiger partial charge on any atom is 0.323 e. The number of anilines is 1. The monoisotopic (exact) mass is 294 g/mol. The van der Waals surface area contributed by atoms with Crippen LogP contribution in [0.25, 0.3) is 0 Å². The van der Waals surface area contributed by atoms with Gasteiger partial charge in [-0.05, 0) is 5.92 Å². The molecule has 2 N–H and O–H groups in total. The number of rotatable bonds is 5. The third-order valence-corrected chi connectivity index (χ3v) is 3.36. The Bertz CT molecular complexity index is 475. The summed E-state index contributed by atoms with van der Waals surface area (Å²) in [6.07, 6.45) is 3.30. The van der Waals surface area contributed by atoms with Gasteiger partial charge in [-0.25, -0.2) is 4.98 Å². The smallest absolute Gasteiger partial charge is 0.323 e. The minimum Gasteiger partial charge on any atom is -0.458 e. The molecule has 1 aliphatic heterocycles. The molecule has 1 aliphatic rings. The highest BCUT2D eigenvalue weighted by Gasteiger charge is 2.19. The third-order valence-electron chi connectivity index (χ3n) is 3.36. The summed E-state index contributed by atoms with van der Waals surface area (Å²) in [5, 5.41) is 0. The molecule has 0 aromatic carbocycles. The highest BCUT2D eigenvalue weighted by atomic mass is 16.5. The Kier molecular flexibility index (Phi) is 5.46. The second-order valence-electron chi connectivity index (χ2n) is 5.35. The van der Waals surface area contributed by atoms with Gasteiger partial charge in [-0.2, -0.15) is 0 Å². The Morgan fingerprint density at radius 3 is 2.81 bits per heavy atom. The lowest BCUT2D eigenvalue weighted by Gasteiger charge is -2.27. The van der Waals surface area contributed by atoms with Crippen LogP contribution in [0, 0.1) is 5.92 Å². The van der Waals surface area contributed by atoms with Gasteiger partial charge >= 0.3 is 5.97 Å². The molecule has 7 nitrogen and oxygen atoms in total. The molecular formula is C14H22N4O3. The van der Waals surface area contributed by atoms with Gasteiger partial charge in [-0.3, -0.25) is 9.78 Å². The van der Waals surface area contributed by atoms with Crippen LogP contribution in [-0.4, -0.2) is 48.3 Å². The van der Waals surface area contributed by atoms with Crippen molar-refractivity contribution in [1.29, 1.82) is 0 Å². The predicted octanol–water partition coefficient (Wildman–Crippen LogP) is 0.340. The molecule has 2 heterocycles. The highest BCUT2D eigenvalue weighted by Crippen LogP contribution is 2.12. The SMILES string of the molecule is CC(C)C(N)C(=O)OCc1cncc(N2CCOCC2)n1. The quantitative estimate of drug-likeness (QED) is 0.783. The molecule has 1 atom stereocenters. The van der Waals surface area contributed by atoms with E-state index in [0.717, 1.165) is 18.9 Å². The molecule has 1 unspecified atom stereocenters. The van der Waals surface area contributed by atoms with Gasteiger partial charge in [0.25, 0.3) is 0 Å². The van der Waals surface area contributed by atoms with Crippen molar-refractivity contribution in [3.05, 3.63) is 18.1 Å². The Morgan fingerprint density at radius 2 is 2.14 bits per heavy atom. The number of carbonyl (C=O) groups excluding carboxylic acids is 1. The maximum atomic E-state index is 11.7. The zero-order valence-electron chi connectivity index (χ0n) is 12.5. The van der Waals surface area contributed by atoms with Crippen LogP contribution < -0.4 is 10.6 Å². The topological polar surface area (TPSA) is 90.6 Å². The van der Waals surface area contributed by atoms with Crippen LogP contribution in [0.15, 0.2) is 12.4 Å². The molecule has 7 heteroatoms. The van der Waals surface area contributed by atoms with Gasteiger partial charge in [0.05, 0.1) is 31.3 Å². The molecule has 0 radical (unpaired) electrons. The average Bonchev–Trinajstić information content (AvgIpc) is 2.53. The van der Waals surface area contributed by atoms with Crippen LogP contribution in [0.1, 0.15) is 19.5 Å². The van der Waals surface area contributed by atoms with E-state index in [1.807, 2.05) is 13.8 Å². The number of esters is 1. The molecule has 0 saturated carbocycles. The minimum absolute atomic E-state index is 0.0447. The van der Waals surface area contributed by atoms with Gasteiger partial charge < -0.3 is 20.1 Å². The first-order valence-corrected chi connectivity index (χ1v) is 7.13. The normalized spacial score (nSPS) is 16.9. The van der Waals surface area contributed by atoms with Gasteiger partial charge in [-0.1, -0.05) is 13.8 Å². The summed E-state index contributed by atoms with van der Waals surface area (Å²) in [6.45, 7) is 6.79. The molecule has 21 heavy (non-hydrogen) atoms. The number of morpholine rings is 1. The molecule has 0 amide bonds. The molecule has 116 valence electrons. The van der Waals surface area contributed by atoms with Crippen molar-refractivity contribution in [3.8, 4) is 0 Å². The number of carbonyl (C=O) groups is 1. The van der Waals surface area contributed by atoms with E-state index in [2.05, 4.69) is 14.9 Å². The number of hydrogen-bond acceptors (Lipinski definition) is 7. The van der Waals surface area contributed by atoms with Crippen molar-refractivity contribution in [2.75, 3.05) is 31.2 Å². The largest absolute Gasteiger partial charge is 0.458 e. The van der Waals surface area contributed by atoms with Crippen molar-refractivity contribution >= 4 is 11.8 Å². The van der Waals surface area contributed by atoms with Gasteiger partial charge in [0.1, 0.15) is 18.5 Å². The fourth-order valence-corrected chi connectivity index (χ4v) is 1.92. The van der Waals surface area contributed by atoms with Crippen molar-refractivity contribution in [2.24, 2.45) is 11.7 Å². The van der Waals surface area contributed by atoms with Crippen molar-refractivity contribution in [3.63, 3.8) is 0 Å². The van der Waals surface area contributed by atoms with Crippen molar-refractivity contribution < 1.29 is 14.3 Å². The lowest BCUT2D eigenvalue weighted by molar-refractivity contribution is -0.147. The minimum atomic E-state index is -0.611. The molecule has 0 aliphatic carbocycles. The first-order chi connectivity index (χ1) is 10.1. The summed E-state index contributed by atoms with van der Waals surface area (Å²) in [5.74, 6) is 0.409. The summed E-state index contributed by atoms with van der Waals surface area (Å²) >= 11 is 0. The molecule has 1 saturated heterocycles. The average molecular weight is 294 g/mol. The van der Waals surface area contributed by atoms with Crippen LogP contribution in [0.2, 0.25) is 0 Å². The van der Waals surface area contributed by atoms with Crippen LogP contribution >= 0.6 is 0 Å². The Labute approximate surface area is 124 Å². The van der Waals surface area contributed by atoms with E-state index in [1.165, 1.54) is 0 Å². The number of aromatic nitrogens is 2. The molecule has 2 rings (SSSR count). The maximum absolute atomic E-state index is 11.7. The molecular weight excluding hydrogens is 272 g/mol. The molecule has 1 aromatic rings. The second kappa shape index (κ2) is 7.33. The lowest BCUT2D eigenvalue weighted by atomic mass is 10.1. The first kappa shape index (κ1) is 15.7. The van der Waals surface area contributed by atoms with Gasteiger partial charge in [0, 0.05) is 13.1 Å². The fraction of sp³-hybridized carbons (Fsp3) is 0.643. The van der Waals surface area contributed by atoms with Gasteiger partial charge in [-0.15, -0.1) is 0 Å². The summed E-state index contributed by atoms with van der Waals surface area (Å²) in [5.41, 5.74) is 6.35. The Hall–Kier alpha value is -1.73.